The van der Waals surface area contributed by atoms with E-state index in [1.807, 2.05) is 0 Å². The summed E-state index contributed by atoms with van der Waals surface area (Å²) in [5, 5.41) is 9.12. The van der Waals surface area contributed by atoms with Gasteiger partial charge < -0.3 is 10.0 Å². The second-order valence-corrected chi connectivity index (χ2v) is 4.83. The van der Waals surface area contributed by atoms with E-state index in [4.69, 9.17) is 5.11 Å². The minimum absolute atomic E-state index is 0.0330. The monoisotopic (exact) mass is 280 g/mol. The Balaban J connectivity index is 1.96. The molecule has 0 saturated carbocycles. The third-order valence-electron chi connectivity index (χ3n) is 2.49. The van der Waals surface area contributed by atoms with Gasteiger partial charge >= 0.3 is 18.1 Å². The zero-order valence-corrected chi connectivity index (χ0v) is 9.59. The molecule has 0 aromatic carbocycles. The first-order valence-corrected chi connectivity index (χ1v) is 5.66. The number of nitrogens with zero attached hydrogens (tertiary/aromatic N) is 2. The van der Waals surface area contributed by atoms with Crippen LogP contribution in [0.15, 0.2) is 6.20 Å². The van der Waals surface area contributed by atoms with E-state index in [1.54, 1.807) is 0 Å². The number of aromatic nitrogens is 1. The lowest BCUT2D eigenvalue weighted by atomic mass is 10.0. The van der Waals surface area contributed by atoms with Crippen LogP contribution >= 0.6 is 11.3 Å². The van der Waals surface area contributed by atoms with E-state index in [-0.39, 0.29) is 23.9 Å². The number of carbonyl (C=O) groups is 2. The predicted octanol–water partition coefficient (Wildman–Crippen LogP) is 1.33. The molecule has 9 heteroatoms. The van der Waals surface area contributed by atoms with E-state index in [9.17, 15) is 22.8 Å². The molecule has 0 radical (unpaired) electrons. The Bertz CT molecular complexity index is 493. The SMILES string of the molecule is O=C(O)c1cnc(C2CN(C(=O)C(F)(F)F)C2)s1. The fourth-order valence-corrected chi connectivity index (χ4v) is 2.39. The van der Waals surface area contributed by atoms with Gasteiger partial charge in [-0.1, -0.05) is 0 Å². The lowest BCUT2D eigenvalue weighted by Gasteiger charge is -2.38. The van der Waals surface area contributed by atoms with Crippen LogP contribution in [0.3, 0.4) is 0 Å². The molecule has 1 aliphatic heterocycles. The van der Waals surface area contributed by atoms with Gasteiger partial charge in [-0.3, -0.25) is 4.79 Å². The van der Waals surface area contributed by atoms with Crippen molar-refractivity contribution >= 4 is 23.2 Å². The van der Waals surface area contributed by atoms with Crippen LogP contribution in [0.25, 0.3) is 0 Å². The van der Waals surface area contributed by atoms with Gasteiger partial charge in [-0.2, -0.15) is 13.2 Å². The average Bonchev–Trinajstić information content (AvgIpc) is 2.62. The van der Waals surface area contributed by atoms with Crippen LogP contribution in [0.4, 0.5) is 13.2 Å². The molecule has 0 atom stereocenters. The number of alkyl halides is 3. The fraction of sp³-hybridized carbons (Fsp3) is 0.444. The molecule has 0 spiro atoms. The number of hydrogen-bond donors (Lipinski definition) is 1. The van der Waals surface area contributed by atoms with E-state index in [0.717, 1.165) is 17.5 Å². The maximum absolute atomic E-state index is 12.1. The van der Waals surface area contributed by atoms with Crippen molar-refractivity contribution in [2.45, 2.75) is 12.1 Å². The Morgan fingerprint density at radius 3 is 2.50 bits per heavy atom. The van der Waals surface area contributed by atoms with Crippen LogP contribution in [-0.4, -0.2) is 46.1 Å². The normalized spacial score (nSPS) is 16.5. The van der Waals surface area contributed by atoms with E-state index < -0.39 is 18.1 Å². The first-order chi connectivity index (χ1) is 8.29. The largest absolute Gasteiger partial charge is 0.477 e. The molecule has 1 aliphatic rings. The summed E-state index contributed by atoms with van der Waals surface area (Å²) < 4.78 is 36.2. The van der Waals surface area contributed by atoms with Crippen LogP contribution in [0.1, 0.15) is 20.6 Å². The van der Waals surface area contributed by atoms with Crippen molar-refractivity contribution in [2.24, 2.45) is 0 Å². The Labute approximate surface area is 103 Å². The van der Waals surface area contributed by atoms with Crippen molar-refractivity contribution in [2.75, 3.05) is 13.1 Å². The molecule has 18 heavy (non-hydrogen) atoms. The standard InChI is InChI=1S/C9H7F3N2O3S/c10-9(11,12)8(17)14-2-4(3-14)6-13-1-5(18-6)7(15)16/h1,4H,2-3H2,(H,15,16). The Morgan fingerprint density at radius 2 is 2.06 bits per heavy atom. The van der Waals surface area contributed by atoms with Gasteiger partial charge in [0.2, 0.25) is 0 Å². The third kappa shape index (κ3) is 2.30. The molecule has 1 saturated heterocycles. The molecule has 0 aliphatic carbocycles. The van der Waals surface area contributed by atoms with E-state index in [0.29, 0.717) is 9.91 Å². The number of carboxylic acids is 1. The van der Waals surface area contributed by atoms with Crippen molar-refractivity contribution in [3.05, 3.63) is 16.1 Å². The summed E-state index contributed by atoms with van der Waals surface area (Å²) >= 11 is 0.916. The molecule has 0 unspecified atom stereocenters. The van der Waals surface area contributed by atoms with Gasteiger partial charge in [0.1, 0.15) is 4.88 Å². The Hall–Kier alpha value is -1.64. The summed E-state index contributed by atoms with van der Waals surface area (Å²) in [6.07, 6.45) is -3.70. The minimum Gasteiger partial charge on any atom is -0.477 e. The first-order valence-electron chi connectivity index (χ1n) is 4.84. The van der Waals surface area contributed by atoms with Gasteiger partial charge in [0.15, 0.2) is 0 Å². The van der Waals surface area contributed by atoms with E-state index >= 15 is 0 Å². The summed E-state index contributed by atoms with van der Waals surface area (Å²) in [5.74, 6) is -3.30. The molecular weight excluding hydrogens is 273 g/mol. The number of hydrogen-bond acceptors (Lipinski definition) is 4. The zero-order chi connectivity index (χ0) is 13.5. The summed E-state index contributed by atoms with van der Waals surface area (Å²) in [6, 6.07) is 0. The quantitative estimate of drug-likeness (QED) is 0.887. The molecule has 1 fully saturated rings. The van der Waals surface area contributed by atoms with Gasteiger partial charge in [-0.25, -0.2) is 9.78 Å². The first kappa shape index (κ1) is 12.8. The number of amides is 1. The summed E-state index contributed by atoms with van der Waals surface area (Å²) in [6.45, 7) is -0.157. The van der Waals surface area contributed by atoms with Crippen molar-refractivity contribution in [1.82, 2.24) is 9.88 Å². The molecule has 1 amide bonds. The lowest BCUT2D eigenvalue weighted by molar-refractivity contribution is -0.189. The van der Waals surface area contributed by atoms with Gasteiger partial charge in [0.25, 0.3) is 0 Å². The highest BCUT2D eigenvalue weighted by atomic mass is 32.1. The van der Waals surface area contributed by atoms with Gasteiger partial charge in [0, 0.05) is 19.0 Å². The van der Waals surface area contributed by atoms with Crippen LogP contribution < -0.4 is 0 Å². The Morgan fingerprint density at radius 1 is 1.44 bits per heavy atom. The number of carbonyl (C=O) groups excluding carboxylic acids is 1. The van der Waals surface area contributed by atoms with Crippen LogP contribution in [-0.2, 0) is 4.79 Å². The van der Waals surface area contributed by atoms with Crippen molar-refractivity contribution < 1.29 is 27.9 Å². The molecule has 1 aromatic rings. The third-order valence-corrected chi connectivity index (χ3v) is 3.64. The molecule has 5 nitrogen and oxygen atoms in total. The maximum Gasteiger partial charge on any atom is 0.471 e. The summed E-state index contributed by atoms with van der Waals surface area (Å²) in [4.78, 5) is 26.0. The molecule has 1 aromatic heterocycles. The number of aromatic carboxylic acids is 1. The highest BCUT2D eigenvalue weighted by molar-refractivity contribution is 7.13. The van der Waals surface area contributed by atoms with Crippen molar-refractivity contribution in [3.8, 4) is 0 Å². The second kappa shape index (κ2) is 4.23. The summed E-state index contributed by atoms with van der Waals surface area (Å²) in [5.41, 5.74) is 0. The average molecular weight is 280 g/mol. The molecule has 2 heterocycles. The van der Waals surface area contributed by atoms with Gasteiger partial charge in [-0.05, 0) is 0 Å². The van der Waals surface area contributed by atoms with Crippen LogP contribution in [0.5, 0.6) is 0 Å². The number of halogens is 3. The zero-order valence-electron chi connectivity index (χ0n) is 8.77. The molecular formula is C9H7F3N2O3S. The van der Waals surface area contributed by atoms with E-state index in [2.05, 4.69) is 4.98 Å². The van der Waals surface area contributed by atoms with Gasteiger partial charge in [0.05, 0.1) is 11.2 Å². The Kier molecular flexibility index (Phi) is 3.01. The molecule has 98 valence electrons. The fourth-order valence-electron chi connectivity index (χ4n) is 1.56. The van der Waals surface area contributed by atoms with Crippen LogP contribution in [0, 0.1) is 0 Å². The van der Waals surface area contributed by atoms with Crippen molar-refractivity contribution in [3.63, 3.8) is 0 Å². The summed E-state index contributed by atoms with van der Waals surface area (Å²) in [7, 11) is 0. The second-order valence-electron chi connectivity index (χ2n) is 3.77. The maximum atomic E-state index is 12.1. The number of rotatable bonds is 2. The number of carboxylic acid groups (broad SMARTS) is 1. The molecule has 0 bridgehead atoms. The smallest absolute Gasteiger partial charge is 0.471 e. The number of thiazole rings is 1. The number of likely N-dealkylation sites (tertiary alicyclic amines) is 1. The topological polar surface area (TPSA) is 70.5 Å². The predicted molar refractivity (Wildman–Crippen MR) is 54.4 cm³/mol. The van der Waals surface area contributed by atoms with E-state index in [1.165, 1.54) is 0 Å². The molecule has 2 rings (SSSR count). The molecule has 1 N–H and O–H groups in total. The lowest BCUT2D eigenvalue weighted by Crippen LogP contribution is -2.53. The highest BCUT2D eigenvalue weighted by Crippen LogP contribution is 2.32. The minimum atomic E-state index is -4.86. The van der Waals surface area contributed by atoms with Crippen molar-refractivity contribution in [1.29, 1.82) is 0 Å². The van der Waals surface area contributed by atoms with Gasteiger partial charge in [-0.15, -0.1) is 11.3 Å². The highest BCUT2D eigenvalue weighted by Gasteiger charge is 2.47. The van der Waals surface area contributed by atoms with Crippen LogP contribution in [0.2, 0.25) is 0 Å².